The van der Waals surface area contributed by atoms with Gasteiger partial charge in [-0.05, 0) is 78.4 Å². The molecule has 4 aromatic rings. The Kier molecular flexibility index (Phi) is 9.85. The number of carbonyl (C=O) groups excluding carboxylic acids is 1. The number of pyridine rings is 1. The van der Waals surface area contributed by atoms with Crippen LogP contribution in [0.1, 0.15) is 51.4 Å². The molecule has 3 aliphatic heterocycles. The first-order valence-electron chi connectivity index (χ1n) is 15.3. The molecule has 0 saturated carbocycles. The number of carbonyl (C=O) groups is 2. The Morgan fingerprint density at radius 1 is 1.08 bits per heavy atom. The zero-order chi connectivity index (χ0) is 33.9. The minimum atomic E-state index is -1.16. The molecule has 3 saturated heterocycles. The number of aromatic amines is 1. The number of piperidine rings is 3. The third-order valence-corrected chi connectivity index (χ3v) is 9.64. The van der Waals surface area contributed by atoms with Crippen LogP contribution in [0.3, 0.4) is 0 Å². The second kappa shape index (κ2) is 14.2. The Labute approximate surface area is 285 Å². The van der Waals surface area contributed by atoms with E-state index in [0.717, 1.165) is 30.7 Å². The molecule has 2 aromatic carbocycles. The van der Waals surface area contributed by atoms with Crippen LogP contribution in [0.4, 0.5) is 10.7 Å². The van der Waals surface area contributed by atoms with Crippen LogP contribution >= 0.6 is 23.2 Å². The maximum absolute atomic E-state index is 13.7. The number of amides is 1. The molecule has 7 rings (SSSR count). The van der Waals surface area contributed by atoms with Crippen molar-refractivity contribution in [1.29, 1.82) is 0 Å². The molecular weight excluding hydrogens is 665 g/mol. The van der Waals surface area contributed by atoms with Gasteiger partial charge in [-0.25, -0.2) is 14.5 Å². The molecule has 3 fully saturated rings. The van der Waals surface area contributed by atoms with Crippen molar-refractivity contribution in [2.24, 2.45) is 5.92 Å². The second-order valence-corrected chi connectivity index (χ2v) is 12.6. The fraction of sp³-hybridized carbons (Fsp3) is 0.375. The zero-order valence-corrected chi connectivity index (χ0v) is 27.7. The Bertz CT molecular complexity index is 1780. The van der Waals surface area contributed by atoms with Crippen LogP contribution in [0, 0.1) is 5.92 Å². The van der Waals surface area contributed by atoms with Crippen molar-refractivity contribution in [2.75, 3.05) is 38.8 Å². The minimum absolute atomic E-state index is 0.0155. The topological polar surface area (TPSA) is 167 Å². The summed E-state index contributed by atoms with van der Waals surface area (Å²) in [6.45, 7) is 2.61. The summed E-state index contributed by atoms with van der Waals surface area (Å²) >= 11 is 13.1. The van der Waals surface area contributed by atoms with Crippen molar-refractivity contribution >= 4 is 41.2 Å². The van der Waals surface area contributed by atoms with E-state index in [1.165, 1.54) is 37.6 Å². The zero-order valence-electron chi connectivity index (χ0n) is 26.2. The average molecular weight is 700 g/mol. The molecule has 0 aliphatic carbocycles. The number of hydrogen-bond donors (Lipinski definition) is 3. The lowest BCUT2D eigenvalue weighted by Crippen LogP contribution is -2.53. The average Bonchev–Trinajstić information content (AvgIpc) is 3.62. The number of aromatic carboxylic acids is 1. The standard InChI is InChI=1S/C32H33Cl2N7O7/c1-46-27-6-4-20(12-28(27)47-2)22(13-24-25(33)15-40(45)16-26(24)34)23-11-18(3-5-21(23)30(42)43)14-41(31-35-37-38-36-31)32(44)48-29-17-39-9-7-19(29)8-10-39/h3-6,11-12,15-16,19,22,29H,7-10,13-14,17H2,1-2H3,(H2-,35,36,37,38,42,43,45)/p+1/t22-,29-/m0/s1. The molecule has 2 atom stereocenters. The Balaban J connectivity index is 1.40. The largest absolute Gasteiger partial charge is 0.493 e. The summed E-state index contributed by atoms with van der Waals surface area (Å²) in [6, 6.07) is 10.1. The molecule has 5 heterocycles. The first kappa shape index (κ1) is 33.2. The van der Waals surface area contributed by atoms with Crippen LogP contribution in [-0.2, 0) is 17.7 Å². The van der Waals surface area contributed by atoms with Gasteiger partial charge in [0.15, 0.2) is 11.5 Å². The smallest absolute Gasteiger partial charge is 0.417 e. The molecule has 3 N–H and O–H groups in total. The van der Waals surface area contributed by atoms with Gasteiger partial charge in [0, 0.05) is 22.8 Å². The highest BCUT2D eigenvalue weighted by Crippen LogP contribution is 2.39. The van der Waals surface area contributed by atoms with Gasteiger partial charge in [0.1, 0.15) is 16.1 Å². The van der Waals surface area contributed by atoms with Crippen molar-refractivity contribution < 1.29 is 38.8 Å². The molecule has 252 valence electrons. The summed E-state index contributed by atoms with van der Waals surface area (Å²) in [5.41, 5.74) is 2.19. The van der Waals surface area contributed by atoms with Crippen LogP contribution in [0.2, 0.25) is 10.0 Å². The highest BCUT2D eigenvalue weighted by atomic mass is 35.5. The quantitative estimate of drug-likeness (QED) is 0.150. The number of nitrogens with zero attached hydrogens (tertiary/aromatic N) is 6. The molecule has 48 heavy (non-hydrogen) atoms. The fourth-order valence-corrected chi connectivity index (χ4v) is 7.12. The third-order valence-electron chi connectivity index (χ3n) is 8.99. The lowest BCUT2D eigenvalue weighted by molar-refractivity contribution is -0.904. The van der Waals surface area contributed by atoms with E-state index in [4.69, 9.17) is 37.4 Å². The predicted molar refractivity (Wildman–Crippen MR) is 172 cm³/mol. The lowest BCUT2D eigenvalue weighted by atomic mass is 9.82. The normalized spacial score (nSPS) is 19.0. The fourth-order valence-electron chi connectivity index (χ4n) is 6.52. The van der Waals surface area contributed by atoms with Gasteiger partial charge in [0.25, 0.3) is 5.95 Å². The number of methoxy groups -OCH3 is 2. The summed E-state index contributed by atoms with van der Waals surface area (Å²) in [6.07, 6.45) is 3.78. The van der Waals surface area contributed by atoms with Gasteiger partial charge in [-0.2, -0.15) is 5.21 Å². The van der Waals surface area contributed by atoms with Gasteiger partial charge in [-0.1, -0.05) is 46.5 Å². The number of nitrogens with one attached hydrogen (secondary N) is 1. The molecule has 1 amide bonds. The van der Waals surface area contributed by atoms with E-state index in [1.54, 1.807) is 30.3 Å². The first-order chi connectivity index (χ1) is 23.1. The van der Waals surface area contributed by atoms with E-state index in [9.17, 15) is 19.9 Å². The van der Waals surface area contributed by atoms with E-state index < -0.39 is 18.0 Å². The number of anilines is 1. The van der Waals surface area contributed by atoms with E-state index in [2.05, 4.69) is 25.5 Å². The monoisotopic (exact) mass is 698 g/mol. The van der Waals surface area contributed by atoms with Crippen molar-refractivity contribution in [3.8, 4) is 11.5 Å². The number of carboxylic acids is 1. The second-order valence-electron chi connectivity index (χ2n) is 11.8. The van der Waals surface area contributed by atoms with Crippen molar-refractivity contribution in [3.63, 3.8) is 0 Å². The number of benzene rings is 2. The molecule has 16 heteroatoms. The summed E-state index contributed by atoms with van der Waals surface area (Å²) in [5.74, 6) is -0.574. The summed E-state index contributed by atoms with van der Waals surface area (Å²) in [7, 11) is 3.03. The molecule has 0 radical (unpaired) electrons. The Hall–Kier alpha value is -4.66. The molecule has 2 bridgehead atoms. The molecule has 0 unspecified atom stereocenters. The van der Waals surface area contributed by atoms with E-state index in [0.29, 0.717) is 40.3 Å². The molecule has 2 aromatic heterocycles. The van der Waals surface area contributed by atoms with Gasteiger partial charge in [0.2, 0.25) is 12.4 Å². The van der Waals surface area contributed by atoms with Crippen LogP contribution in [-0.4, -0.2) is 87.9 Å². The number of ether oxygens (including phenoxy) is 3. The number of halogens is 2. The number of H-pyrrole nitrogens is 1. The van der Waals surface area contributed by atoms with Crippen LogP contribution in [0.15, 0.2) is 48.8 Å². The first-order valence-corrected chi connectivity index (χ1v) is 16.0. The number of fused-ring (bicyclic) bond motifs is 3. The molecule has 0 spiro atoms. The van der Waals surface area contributed by atoms with Crippen molar-refractivity contribution in [2.45, 2.75) is 37.8 Å². The van der Waals surface area contributed by atoms with Crippen molar-refractivity contribution in [1.82, 2.24) is 25.5 Å². The van der Waals surface area contributed by atoms with Gasteiger partial charge >= 0.3 is 12.1 Å². The van der Waals surface area contributed by atoms with Crippen LogP contribution < -0.4 is 19.1 Å². The SMILES string of the molecule is COc1ccc([C@H](Cc2c(Cl)c[n+](O)cc2Cl)c2cc(CN(C(=O)O[C@H]3CN4CCC3CC4)c3nn[nH]n3)ccc2C(=O)O)cc1OC. The number of aromatic nitrogens is 5. The highest BCUT2D eigenvalue weighted by molar-refractivity contribution is 6.35. The third kappa shape index (κ3) is 6.96. The number of carboxylic acid groups (broad SMARTS) is 1. The van der Waals surface area contributed by atoms with Crippen LogP contribution in [0.25, 0.3) is 0 Å². The van der Waals surface area contributed by atoms with Gasteiger partial charge < -0.3 is 19.3 Å². The maximum atomic E-state index is 13.7. The van der Waals surface area contributed by atoms with E-state index in [1.807, 2.05) is 0 Å². The van der Waals surface area contributed by atoms with Gasteiger partial charge in [0.05, 0.1) is 26.3 Å². The molecular formula is C32H34Cl2N7O7+. The number of hydrogen-bond acceptors (Lipinski definition) is 10. The lowest BCUT2D eigenvalue weighted by Gasteiger charge is -2.44. The molecule has 3 aliphatic rings. The number of rotatable bonds is 11. The van der Waals surface area contributed by atoms with E-state index >= 15 is 0 Å². The minimum Gasteiger partial charge on any atom is -0.493 e. The predicted octanol–water partition coefficient (Wildman–Crippen LogP) is 4.36. The number of tetrazole rings is 1. The maximum Gasteiger partial charge on any atom is 0.417 e. The molecule has 14 nitrogen and oxygen atoms in total. The highest BCUT2D eigenvalue weighted by Gasteiger charge is 2.38. The summed E-state index contributed by atoms with van der Waals surface area (Å²) in [4.78, 5) is 29.9. The summed E-state index contributed by atoms with van der Waals surface area (Å²) < 4.78 is 17.8. The Morgan fingerprint density at radius 3 is 2.42 bits per heavy atom. The summed E-state index contributed by atoms with van der Waals surface area (Å²) in [5, 5.41) is 34.8. The van der Waals surface area contributed by atoms with E-state index in [-0.39, 0.29) is 46.5 Å². The van der Waals surface area contributed by atoms with Gasteiger partial charge in [-0.15, -0.1) is 5.10 Å². The Morgan fingerprint density at radius 2 is 1.81 bits per heavy atom. The van der Waals surface area contributed by atoms with Crippen LogP contribution in [0.5, 0.6) is 11.5 Å². The van der Waals surface area contributed by atoms with Gasteiger partial charge in [-0.3, -0.25) is 10.1 Å². The van der Waals surface area contributed by atoms with Crippen molar-refractivity contribution in [3.05, 3.63) is 86.7 Å².